The van der Waals surface area contributed by atoms with Gasteiger partial charge in [-0.2, -0.15) is 5.26 Å². The molecule has 11 heavy (non-hydrogen) atoms. The molecule has 0 saturated carbocycles. The second kappa shape index (κ2) is 2.63. The fourth-order valence-corrected chi connectivity index (χ4v) is 1.01. The van der Waals surface area contributed by atoms with Gasteiger partial charge in [0.2, 0.25) is 0 Å². The van der Waals surface area contributed by atoms with Crippen LogP contribution in [0.4, 0.5) is 0 Å². The van der Waals surface area contributed by atoms with Crippen LogP contribution in [0.15, 0.2) is 12.1 Å². The van der Waals surface area contributed by atoms with Crippen LogP contribution < -0.4 is 5.11 Å². The third-order valence-electron chi connectivity index (χ3n) is 1.59. The Kier molecular flexibility index (Phi) is 1.82. The van der Waals surface area contributed by atoms with E-state index in [4.69, 9.17) is 5.26 Å². The van der Waals surface area contributed by atoms with E-state index in [0.29, 0.717) is 16.7 Å². The lowest BCUT2D eigenvalue weighted by molar-refractivity contribution is -0.270. The maximum Gasteiger partial charge on any atom is 0.0991 e. The van der Waals surface area contributed by atoms with Crippen molar-refractivity contribution in [3.63, 3.8) is 0 Å². The Balaban J connectivity index is 3.35. The fourth-order valence-electron chi connectivity index (χ4n) is 1.01. The molecule has 0 atom stereocenters. The molecule has 0 bridgehead atoms. The average molecular weight is 146 g/mol. The van der Waals surface area contributed by atoms with Crippen molar-refractivity contribution in [2.75, 3.05) is 0 Å². The molecule has 1 aromatic rings. The van der Waals surface area contributed by atoms with Gasteiger partial charge in [-0.05, 0) is 26.0 Å². The number of nitriles is 1. The van der Waals surface area contributed by atoms with Crippen molar-refractivity contribution in [3.05, 3.63) is 28.8 Å². The van der Waals surface area contributed by atoms with Gasteiger partial charge in [0.25, 0.3) is 0 Å². The molecule has 0 aliphatic rings. The second-order valence-electron chi connectivity index (χ2n) is 2.55. The van der Waals surface area contributed by atoms with Crippen LogP contribution in [-0.2, 0) is 0 Å². The average Bonchev–Trinajstić information content (AvgIpc) is 1.99. The first-order valence-corrected chi connectivity index (χ1v) is 3.33. The summed E-state index contributed by atoms with van der Waals surface area (Å²) in [7, 11) is 0. The topological polar surface area (TPSA) is 46.8 Å². The fraction of sp³-hybridized carbons (Fsp3) is 0.222. The molecule has 0 heterocycles. The van der Waals surface area contributed by atoms with Crippen LogP contribution in [0, 0.1) is 25.2 Å². The van der Waals surface area contributed by atoms with Gasteiger partial charge in [0.15, 0.2) is 0 Å². The molecule has 2 nitrogen and oxygen atoms in total. The summed E-state index contributed by atoms with van der Waals surface area (Å²) in [5.41, 5.74) is 1.84. The first kappa shape index (κ1) is 7.62. The van der Waals surface area contributed by atoms with E-state index in [2.05, 4.69) is 0 Å². The molecular formula is C9H8NO-. The van der Waals surface area contributed by atoms with E-state index in [0.717, 1.165) is 0 Å². The van der Waals surface area contributed by atoms with Crippen LogP contribution in [0.2, 0.25) is 0 Å². The van der Waals surface area contributed by atoms with Gasteiger partial charge in [0.05, 0.1) is 11.6 Å². The van der Waals surface area contributed by atoms with Gasteiger partial charge in [-0.25, -0.2) is 0 Å². The number of nitrogens with zero attached hydrogens (tertiary/aromatic N) is 1. The van der Waals surface area contributed by atoms with E-state index in [-0.39, 0.29) is 5.75 Å². The predicted octanol–water partition coefficient (Wildman–Crippen LogP) is 1.25. The Morgan fingerprint density at radius 2 is 1.73 bits per heavy atom. The molecule has 1 rings (SSSR count). The molecule has 0 N–H and O–H groups in total. The maximum absolute atomic E-state index is 11.1. The lowest BCUT2D eigenvalue weighted by Crippen LogP contribution is -1.97. The summed E-state index contributed by atoms with van der Waals surface area (Å²) >= 11 is 0. The van der Waals surface area contributed by atoms with Crippen molar-refractivity contribution in [2.24, 2.45) is 0 Å². The van der Waals surface area contributed by atoms with Gasteiger partial charge >= 0.3 is 0 Å². The van der Waals surface area contributed by atoms with E-state index >= 15 is 0 Å². The first-order chi connectivity index (χ1) is 5.15. The SMILES string of the molecule is Cc1cc(C#N)cc(C)c1[O-]. The monoisotopic (exact) mass is 146 g/mol. The minimum Gasteiger partial charge on any atom is -0.872 e. The molecular weight excluding hydrogens is 138 g/mol. The summed E-state index contributed by atoms with van der Waals surface area (Å²) in [6.45, 7) is 3.44. The maximum atomic E-state index is 11.1. The van der Waals surface area contributed by atoms with Crippen LogP contribution in [0.5, 0.6) is 5.75 Å². The summed E-state index contributed by atoms with van der Waals surface area (Å²) in [4.78, 5) is 0. The van der Waals surface area contributed by atoms with Crippen molar-refractivity contribution in [1.82, 2.24) is 0 Å². The lowest BCUT2D eigenvalue weighted by atomic mass is 10.1. The van der Waals surface area contributed by atoms with Crippen LogP contribution in [0.3, 0.4) is 0 Å². The van der Waals surface area contributed by atoms with E-state index in [1.165, 1.54) is 0 Å². The molecule has 0 aromatic heterocycles. The van der Waals surface area contributed by atoms with Gasteiger partial charge in [0, 0.05) is 0 Å². The first-order valence-electron chi connectivity index (χ1n) is 3.33. The van der Waals surface area contributed by atoms with E-state index in [1.54, 1.807) is 26.0 Å². The molecule has 0 amide bonds. The minimum absolute atomic E-state index is 0.0315. The van der Waals surface area contributed by atoms with Crippen molar-refractivity contribution in [3.8, 4) is 11.8 Å². The van der Waals surface area contributed by atoms with E-state index in [1.807, 2.05) is 6.07 Å². The molecule has 0 spiro atoms. The highest BCUT2D eigenvalue weighted by Crippen LogP contribution is 2.19. The summed E-state index contributed by atoms with van der Waals surface area (Å²) in [5.74, 6) is 0.0315. The molecule has 0 saturated heterocycles. The van der Waals surface area contributed by atoms with Crippen LogP contribution in [-0.4, -0.2) is 0 Å². The third-order valence-corrected chi connectivity index (χ3v) is 1.59. The van der Waals surface area contributed by atoms with Gasteiger partial charge in [-0.1, -0.05) is 11.1 Å². The Bertz CT molecular complexity index is 300. The predicted molar refractivity (Wildman–Crippen MR) is 40.1 cm³/mol. The molecule has 0 fully saturated rings. The van der Waals surface area contributed by atoms with Crippen LogP contribution in [0.25, 0.3) is 0 Å². The quantitative estimate of drug-likeness (QED) is 0.553. The van der Waals surface area contributed by atoms with Crippen LogP contribution >= 0.6 is 0 Å². The minimum atomic E-state index is 0.0315. The summed E-state index contributed by atoms with van der Waals surface area (Å²) in [5, 5.41) is 19.7. The summed E-state index contributed by atoms with van der Waals surface area (Å²) in [6, 6.07) is 5.21. The highest BCUT2D eigenvalue weighted by Gasteiger charge is 1.95. The van der Waals surface area contributed by atoms with Gasteiger partial charge in [-0.15, -0.1) is 5.75 Å². The Morgan fingerprint density at radius 1 is 1.27 bits per heavy atom. The zero-order valence-electron chi connectivity index (χ0n) is 6.51. The summed E-state index contributed by atoms with van der Waals surface area (Å²) < 4.78 is 0. The van der Waals surface area contributed by atoms with Crippen LogP contribution in [0.1, 0.15) is 16.7 Å². The lowest BCUT2D eigenvalue weighted by Gasteiger charge is -2.13. The molecule has 56 valence electrons. The highest BCUT2D eigenvalue weighted by molar-refractivity contribution is 5.45. The van der Waals surface area contributed by atoms with E-state index in [9.17, 15) is 5.11 Å². The normalized spacial score (nSPS) is 9.18. The number of rotatable bonds is 0. The second-order valence-corrected chi connectivity index (χ2v) is 2.55. The van der Waals surface area contributed by atoms with Crippen molar-refractivity contribution in [1.29, 1.82) is 5.26 Å². The zero-order valence-corrected chi connectivity index (χ0v) is 6.51. The molecule has 2 heteroatoms. The Morgan fingerprint density at radius 3 is 2.09 bits per heavy atom. The van der Waals surface area contributed by atoms with Crippen molar-refractivity contribution < 1.29 is 5.11 Å². The Hall–Kier alpha value is -1.49. The number of hydrogen-bond donors (Lipinski definition) is 0. The third kappa shape index (κ3) is 1.32. The zero-order chi connectivity index (χ0) is 8.43. The van der Waals surface area contributed by atoms with Gasteiger partial charge < -0.3 is 5.11 Å². The smallest absolute Gasteiger partial charge is 0.0991 e. The van der Waals surface area contributed by atoms with Crippen molar-refractivity contribution >= 4 is 0 Å². The molecule has 0 radical (unpaired) electrons. The Labute approximate surface area is 65.7 Å². The molecule has 1 aromatic carbocycles. The van der Waals surface area contributed by atoms with Gasteiger partial charge in [0.1, 0.15) is 0 Å². The standard InChI is InChI=1S/C9H9NO/c1-6-3-8(5-10)4-7(2)9(6)11/h3-4,11H,1-2H3/p-1. The molecule has 0 aliphatic heterocycles. The van der Waals surface area contributed by atoms with E-state index < -0.39 is 0 Å². The number of aryl methyl sites for hydroxylation is 2. The number of hydrogen-bond acceptors (Lipinski definition) is 2. The van der Waals surface area contributed by atoms with Gasteiger partial charge in [-0.3, -0.25) is 0 Å². The largest absolute Gasteiger partial charge is 0.872 e. The molecule has 0 aliphatic carbocycles. The highest BCUT2D eigenvalue weighted by atomic mass is 16.3. The molecule has 0 unspecified atom stereocenters. The number of benzene rings is 1. The van der Waals surface area contributed by atoms with Crippen molar-refractivity contribution in [2.45, 2.75) is 13.8 Å². The summed E-state index contributed by atoms with van der Waals surface area (Å²) in [6.07, 6.45) is 0.